The molecule has 0 unspecified atom stereocenters. The van der Waals surface area contributed by atoms with Gasteiger partial charge in [0, 0.05) is 11.1 Å². The second-order valence-electron chi connectivity index (χ2n) is 7.69. The maximum absolute atomic E-state index is 8.85. The van der Waals surface area contributed by atoms with Crippen LogP contribution in [0.2, 0.25) is 0 Å². The van der Waals surface area contributed by atoms with Gasteiger partial charge in [0.05, 0.1) is 0 Å². The molecule has 0 aliphatic heterocycles. The minimum Gasteiger partial charge on any atom is -0.508 e. The zero-order chi connectivity index (χ0) is 21.6. The SMILES string of the molecule is CCc1ccc(O)cc1.CCc1ccc(OC2c3ccccc3-c3ccccc32)cc1. The Bertz CT molecular complexity index is 1080. The van der Waals surface area contributed by atoms with Crippen molar-refractivity contribution in [2.75, 3.05) is 0 Å². The van der Waals surface area contributed by atoms with Crippen molar-refractivity contribution < 1.29 is 9.84 Å². The van der Waals surface area contributed by atoms with Gasteiger partial charge in [0.25, 0.3) is 0 Å². The highest BCUT2D eigenvalue weighted by molar-refractivity contribution is 5.78. The van der Waals surface area contributed by atoms with E-state index in [4.69, 9.17) is 9.84 Å². The number of fused-ring (bicyclic) bond motifs is 3. The molecular weight excluding hydrogens is 380 g/mol. The third-order valence-electron chi connectivity index (χ3n) is 5.71. The number of rotatable bonds is 4. The summed E-state index contributed by atoms with van der Waals surface area (Å²) in [7, 11) is 0. The lowest BCUT2D eigenvalue weighted by atomic mass is 10.1. The zero-order valence-corrected chi connectivity index (χ0v) is 18.1. The first-order valence-corrected chi connectivity index (χ1v) is 10.9. The van der Waals surface area contributed by atoms with Gasteiger partial charge >= 0.3 is 0 Å². The number of phenolic OH excluding ortho intramolecular Hbond substituents is 1. The van der Waals surface area contributed by atoms with Crippen LogP contribution in [0.25, 0.3) is 11.1 Å². The van der Waals surface area contributed by atoms with Crippen LogP contribution in [0.5, 0.6) is 11.5 Å². The molecule has 2 nitrogen and oxygen atoms in total. The maximum Gasteiger partial charge on any atom is 0.150 e. The normalized spacial score (nSPS) is 11.8. The number of hydrogen-bond acceptors (Lipinski definition) is 2. The molecule has 0 saturated carbocycles. The van der Waals surface area contributed by atoms with E-state index in [-0.39, 0.29) is 6.10 Å². The first-order chi connectivity index (χ1) is 15.2. The standard InChI is InChI=1S/C21H18O.C8H10O/c1-2-15-11-13-16(14-12-15)22-21-19-9-5-3-7-17(19)18-8-4-6-10-20(18)21;1-2-7-3-5-8(9)6-4-7/h3-14,21H,2H2,1H3;3-6,9H,2H2,1H3. The molecule has 4 aromatic rings. The van der Waals surface area contributed by atoms with Crippen molar-refractivity contribution in [1.82, 2.24) is 0 Å². The van der Waals surface area contributed by atoms with Gasteiger partial charge in [-0.15, -0.1) is 0 Å². The smallest absolute Gasteiger partial charge is 0.150 e. The van der Waals surface area contributed by atoms with Crippen LogP contribution in [0.4, 0.5) is 0 Å². The predicted molar refractivity (Wildman–Crippen MR) is 128 cm³/mol. The van der Waals surface area contributed by atoms with Gasteiger partial charge in [-0.05, 0) is 59.4 Å². The maximum atomic E-state index is 8.85. The molecule has 0 radical (unpaired) electrons. The van der Waals surface area contributed by atoms with Crippen LogP contribution in [0.3, 0.4) is 0 Å². The van der Waals surface area contributed by atoms with Crippen LogP contribution < -0.4 is 4.74 Å². The van der Waals surface area contributed by atoms with Gasteiger partial charge in [-0.3, -0.25) is 0 Å². The first kappa shape index (κ1) is 20.7. The Morgan fingerprint density at radius 1 is 0.613 bits per heavy atom. The Hall–Kier alpha value is -3.52. The van der Waals surface area contributed by atoms with E-state index in [0.29, 0.717) is 5.75 Å². The van der Waals surface area contributed by atoms with E-state index in [9.17, 15) is 0 Å². The van der Waals surface area contributed by atoms with Gasteiger partial charge in [0.1, 0.15) is 11.5 Å². The lowest BCUT2D eigenvalue weighted by Gasteiger charge is -2.16. The van der Waals surface area contributed by atoms with Crippen molar-refractivity contribution in [2.24, 2.45) is 0 Å². The summed E-state index contributed by atoms with van der Waals surface area (Å²) in [5.41, 5.74) is 7.67. The fraction of sp³-hybridized carbons (Fsp3) is 0.172. The van der Waals surface area contributed by atoms with Crippen LogP contribution >= 0.6 is 0 Å². The van der Waals surface area contributed by atoms with Crippen LogP contribution in [0.15, 0.2) is 97.1 Å². The largest absolute Gasteiger partial charge is 0.508 e. The van der Waals surface area contributed by atoms with Crippen molar-refractivity contribution in [2.45, 2.75) is 32.8 Å². The number of phenols is 1. The molecule has 0 bridgehead atoms. The third-order valence-corrected chi connectivity index (χ3v) is 5.71. The summed E-state index contributed by atoms with van der Waals surface area (Å²) >= 11 is 0. The third kappa shape index (κ3) is 4.64. The summed E-state index contributed by atoms with van der Waals surface area (Å²) in [6, 6.07) is 32.7. The second kappa shape index (κ2) is 9.53. The van der Waals surface area contributed by atoms with Crippen LogP contribution in [-0.2, 0) is 12.8 Å². The molecule has 0 saturated heterocycles. The van der Waals surface area contributed by atoms with E-state index in [1.54, 1.807) is 12.1 Å². The van der Waals surface area contributed by atoms with Crippen LogP contribution in [0, 0.1) is 0 Å². The highest BCUT2D eigenvalue weighted by Gasteiger charge is 2.29. The minimum atomic E-state index is -0.0140. The molecule has 0 aromatic heterocycles. The quantitative estimate of drug-likeness (QED) is 0.382. The van der Waals surface area contributed by atoms with Crippen molar-refractivity contribution in [1.29, 1.82) is 0 Å². The summed E-state index contributed by atoms with van der Waals surface area (Å²) in [4.78, 5) is 0. The lowest BCUT2D eigenvalue weighted by Crippen LogP contribution is -2.05. The fourth-order valence-corrected chi connectivity index (χ4v) is 3.91. The molecule has 0 heterocycles. The van der Waals surface area contributed by atoms with E-state index in [1.165, 1.54) is 33.4 Å². The van der Waals surface area contributed by atoms with E-state index in [2.05, 4.69) is 86.6 Å². The summed E-state index contributed by atoms with van der Waals surface area (Å²) in [5.74, 6) is 1.26. The molecule has 31 heavy (non-hydrogen) atoms. The highest BCUT2D eigenvalue weighted by atomic mass is 16.5. The number of ether oxygens (including phenoxy) is 1. The highest BCUT2D eigenvalue weighted by Crippen LogP contribution is 2.45. The molecule has 0 spiro atoms. The summed E-state index contributed by atoms with van der Waals surface area (Å²) in [6.45, 7) is 4.26. The van der Waals surface area contributed by atoms with Crippen molar-refractivity contribution in [3.05, 3.63) is 119 Å². The van der Waals surface area contributed by atoms with E-state index < -0.39 is 0 Å². The summed E-state index contributed by atoms with van der Waals surface area (Å²) in [6.07, 6.45) is 2.07. The van der Waals surface area contributed by atoms with Crippen LogP contribution in [0.1, 0.15) is 42.2 Å². The molecule has 1 aliphatic rings. The average molecular weight is 409 g/mol. The van der Waals surface area contributed by atoms with Crippen molar-refractivity contribution >= 4 is 0 Å². The predicted octanol–water partition coefficient (Wildman–Crippen LogP) is 7.35. The van der Waals surface area contributed by atoms with Gasteiger partial charge in [-0.25, -0.2) is 0 Å². The second-order valence-corrected chi connectivity index (χ2v) is 7.69. The van der Waals surface area contributed by atoms with Gasteiger partial charge in [0.15, 0.2) is 6.10 Å². The van der Waals surface area contributed by atoms with Crippen molar-refractivity contribution in [3.8, 4) is 22.6 Å². The van der Waals surface area contributed by atoms with Gasteiger partial charge in [-0.2, -0.15) is 0 Å². The van der Waals surface area contributed by atoms with Gasteiger partial charge in [0.2, 0.25) is 0 Å². The van der Waals surface area contributed by atoms with E-state index >= 15 is 0 Å². The Kier molecular flexibility index (Phi) is 6.37. The fourth-order valence-electron chi connectivity index (χ4n) is 3.91. The topological polar surface area (TPSA) is 29.5 Å². The Morgan fingerprint density at radius 2 is 1.06 bits per heavy atom. The van der Waals surface area contributed by atoms with E-state index in [1.807, 2.05) is 12.1 Å². The molecule has 0 fully saturated rings. The molecule has 2 heteroatoms. The number of benzene rings is 4. The Labute approximate surface area is 184 Å². The molecule has 4 aromatic carbocycles. The summed E-state index contributed by atoms with van der Waals surface area (Å²) in [5, 5.41) is 8.85. The van der Waals surface area contributed by atoms with E-state index in [0.717, 1.165) is 18.6 Å². The number of aryl methyl sites for hydroxylation is 2. The number of hydrogen-bond donors (Lipinski definition) is 1. The monoisotopic (exact) mass is 408 g/mol. The van der Waals surface area contributed by atoms with Crippen molar-refractivity contribution in [3.63, 3.8) is 0 Å². The molecule has 0 amide bonds. The molecule has 1 aliphatic carbocycles. The van der Waals surface area contributed by atoms with Gasteiger partial charge in [-0.1, -0.05) is 86.6 Å². The average Bonchev–Trinajstić information content (AvgIpc) is 3.14. The molecule has 0 atom stereocenters. The zero-order valence-electron chi connectivity index (χ0n) is 18.1. The minimum absolute atomic E-state index is 0.0140. The lowest BCUT2D eigenvalue weighted by molar-refractivity contribution is 0.252. The van der Waals surface area contributed by atoms with Crippen LogP contribution in [-0.4, -0.2) is 5.11 Å². The molecule has 5 rings (SSSR count). The first-order valence-electron chi connectivity index (χ1n) is 10.9. The number of aromatic hydroxyl groups is 1. The molecular formula is C29H28O2. The Balaban J connectivity index is 0.000000217. The Morgan fingerprint density at radius 3 is 1.55 bits per heavy atom. The van der Waals surface area contributed by atoms with Gasteiger partial charge < -0.3 is 9.84 Å². The summed E-state index contributed by atoms with van der Waals surface area (Å²) < 4.78 is 6.33. The molecule has 1 N–H and O–H groups in total. The molecule has 156 valence electrons.